The fourth-order valence-corrected chi connectivity index (χ4v) is 5.27. The van der Waals surface area contributed by atoms with Gasteiger partial charge in [-0.15, -0.1) is 21.5 Å². The second-order valence-electron chi connectivity index (χ2n) is 7.33. The van der Waals surface area contributed by atoms with Crippen LogP contribution >= 0.6 is 23.1 Å². The van der Waals surface area contributed by atoms with Crippen LogP contribution in [-0.4, -0.2) is 27.1 Å². The third kappa shape index (κ3) is 4.97. The zero-order valence-corrected chi connectivity index (χ0v) is 18.0. The maximum absolute atomic E-state index is 5.88. The van der Waals surface area contributed by atoms with Crippen molar-refractivity contribution in [2.45, 2.75) is 56.6 Å². The lowest BCUT2D eigenvalue weighted by Crippen LogP contribution is -2.17. The van der Waals surface area contributed by atoms with Crippen LogP contribution in [0.5, 0.6) is 5.75 Å². The average molecular weight is 414 g/mol. The van der Waals surface area contributed by atoms with Gasteiger partial charge in [0, 0.05) is 23.1 Å². The lowest BCUT2D eigenvalue weighted by atomic mass is 9.95. The molecule has 6 heteroatoms. The first-order valence-corrected chi connectivity index (χ1v) is 11.9. The van der Waals surface area contributed by atoms with Gasteiger partial charge in [-0.1, -0.05) is 54.8 Å². The van der Waals surface area contributed by atoms with E-state index in [1.165, 1.54) is 42.5 Å². The summed E-state index contributed by atoms with van der Waals surface area (Å²) < 4.78 is 8.31. The molecule has 3 aromatic rings. The predicted octanol–water partition coefficient (Wildman–Crippen LogP) is 5.92. The Kier molecular flexibility index (Phi) is 6.70. The highest BCUT2D eigenvalue weighted by atomic mass is 32.2. The summed E-state index contributed by atoms with van der Waals surface area (Å²) in [6.07, 6.45) is 7.32. The summed E-state index contributed by atoms with van der Waals surface area (Å²) in [5.41, 5.74) is 1.25. The van der Waals surface area contributed by atoms with Crippen molar-refractivity contribution < 1.29 is 4.74 Å². The van der Waals surface area contributed by atoms with Crippen LogP contribution in [0.15, 0.2) is 46.9 Å². The number of benzene rings is 1. The van der Waals surface area contributed by atoms with Gasteiger partial charge in [0.15, 0.2) is 5.16 Å². The van der Waals surface area contributed by atoms with Gasteiger partial charge >= 0.3 is 0 Å². The standard InChI is InChI=1S/C22H27N3OS2/c1-17-9-11-19(12-10-17)26-13-15-28-22-24-23-21(16-20-8-5-14-27-20)25(22)18-6-3-2-4-7-18/h5,8-12,14,18H,2-4,6-7,13,15-16H2,1H3. The molecule has 1 aliphatic rings. The van der Waals surface area contributed by atoms with E-state index in [0.717, 1.165) is 28.9 Å². The molecule has 28 heavy (non-hydrogen) atoms. The Labute approximate surface area is 175 Å². The molecule has 148 valence electrons. The number of aryl methyl sites for hydroxylation is 1. The van der Waals surface area contributed by atoms with Crippen LogP contribution in [0, 0.1) is 6.92 Å². The van der Waals surface area contributed by atoms with E-state index >= 15 is 0 Å². The number of thiophene rings is 1. The lowest BCUT2D eigenvalue weighted by molar-refractivity contribution is 0.329. The molecule has 4 rings (SSSR count). The molecule has 0 N–H and O–H groups in total. The SMILES string of the molecule is Cc1ccc(OCCSc2nnc(Cc3cccs3)n2C2CCCCC2)cc1. The van der Waals surface area contributed by atoms with Crippen molar-refractivity contribution in [1.29, 1.82) is 0 Å². The maximum atomic E-state index is 5.88. The van der Waals surface area contributed by atoms with Crippen molar-refractivity contribution in [3.63, 3.8) is 0 Å². The molecule has 0 amide bonds. The summed E-state index contributed by atoms with van der Waals surface area (Å²) in [4.78, 5) is 1.35. The van der Waals surface area contributed by atoms with E-state index in [4.69, 9.17) is 4.74 Å². The summed E-state index contributed by atoms with van der Waals surface area (Å²) in [6, 6.07) is 13.1. The Bertz CT molecular complexity index is 853. The third-order valence-electron chi connectivity index (χ3n) is 5.19. The van der Waals surface area contributed by atoms with Crippen LogP contribution in [0.25, 0.3) is 0 Å². The number of nitrogens with zero attached hydrogens (tertiary/aromatic N) is 3. The molecule has 2 aromatic heterocycles. The molecule has 0 aliphatic heterocycles. The number of thioether (sulfide) groups is 1. The van der Waals surface area contributed by atoms with Crippen LogP contribution in [0.3, 0.4) is 0 Å². The van der Waals surface area contributed by atoms with Gasteiger partial charge in [0.25, 0.3) is 0 Å². The van der Waals surface area contributed by atoms with E-state index in [-0.39, 0.29) is 0 Å². The molecule has 0 unspecified atom stereocenters. The second-order valence-corrected chi connectivity index (χ2v) is 9.42. The molecule has 0 bridgehead atoms. The predicted molar refractivity (Wildman–Crippen MR) is 117 cm³/mol. The lowest BCUT2D eigenvalue weighted by Gasteiger charge is -2.25. The van der Waals surface area contributed by atoms with Gasteiger partial charge in [0.2, 0.25) is 0 Å². The first kappa shape index (κ1) is 19.5. The van der Waals surface area contributed by atoms with Gasteiger partial charge in [-0.2, -0.15) is 0 Å². The summed E-state index contributed by atoms with van der Waals surface area (Å²) in [5, 5.41) is 12.3. The fraction of sp³-hybridized carbons (Fsp3) is 0.455. The molecule has 1 fully saturated rings. The van der Waals surface area contributed by atoms with Gasteiger partial charge < -0.3 is 9.30 Å². The number of hydrogen-bond acceptors (Lipinski definition) is 5. The molecule has 1 saturated carbocycles. The van der Waals surface area contributed by atoms with Crippen molar-refractivity contribution in [2.24, 2.45) is 0 Å². The van der Waals surface area contributed by atoms with Crippen LogP contribution in [0.2, 0.25) is 0 Å². The van der Waals surface area contributed by atoms with E-state index in [1.54, 1.807) is 23.1 Å². The van der Waals surface area contributed by atoms with E-state index in [1.807, 2.05) is 12.1 Å². The number of rotatable bonds is 8. The minimum absolute atomic E-state index is 0.541. The molecular formula is C22H27N3OS2. The van der Waals surface area contributed by atoms with Gasteiger partial charge in [-0.25, -0.2) is 0 Å². The summed E-state index contributed by atoms with van der Waals surface area (Å²) in [7, 11) is 0. The van der Waals surface area contributed by atoms with Crippen LogP contribution in [0.4, 0.5) is 0 Å². The zero-order chi connectivity index (χ0) is 19.2. The Morgan fingerprint density at radius 2 is 1.93 bits per heavy atom. The van der Waals surface area contributed by atoms with Gasteiger partial charge in [0.05, 0.1) is 6.61 Å². The minimum atomic E-state index is 0.541. The smallest absolute Gasteiger partial charge is 0.191 e. The van der Waals surface area contributed by atoms with Crippen LogP contribution < -0.4 is 4.74 Å². The van der Waals surface area contributed by atoms with Crippen molar-refractivity contribution in [1.82, 2.24) is 14.8 Å². The topological polar surface area (TPSA) is 39.9 Å². The van der Waals surface area contributed by atoms with Crippen molar-refractivity contribution in [3.8, 4) is 5.75 Å². The molecule has 0 atom stereocenters. The maximum Gasteiger partial charge on any atom is 0.191 e. The van der Waals surface area contributed by atoms with Crippen molar-refractivity contribution >= 4 is 23.1 Å². The largest absolute Gasteiger partial charge is 0.493 e. The second kappa shape index (κ2) is 9.61. The summed E-state index contributed by atoms with van der Waals surface area (Å²) in [5.74, 6) is 2.91. The van der Waals surface area contributed by atoms with Gasteiger partial charge in [-0.05, 0) is 43.3 Å². The first-order chi connectivity index (χ1) is 13.8. The van der Waals surface area contributed by atoms with Gasteiger partial charge in [-0.3, -0.25) is 0 Å². The monoisotopic (exact) mass is 413 g/mol. The Morgan fingerprint density at radius 3 is 2.68 bits per heavy atom. The van der Waals surface area contributed by atoms with Crippen LogP contribution in [0.1, 0.15) is 54.4 Å². The molecule has 0 radical (unpaired) electrons. The average Bonchev–Trinajstić information content (AvgIpc) is 3.38. The zero-order valence-electron chi connectivity index (χ0n) is 16.3. The highest BCUT2D eigenvalue weighted by molar-refractivity contribution is 7.99. The summed E-state index contributed by atoms with van der Waals surface area (Å²) >= 11 is 3.56. The normalized spacial score (nSPS) is 15.0. The fourth-order valence-electron chi connectivity index (χ4n) is 3.73. The molecule has 0 saturated heterocycles. The number of hydrogen-bond donors (Lipinski definition) is 0. The van der Waals surface area contributed by atoms with Gasteiger partial charge in [0.1, 0.15) is 11.6 Å². The Balaban J connectivity index is 1.41. The van der Waals surface area contributed by atoms with E-state index in [2.05, 4.69) is 51.3 Å². The first-order valence-electron chi connectivity index (χ1n) is 10.1. The molecule has 4 nitrogen and oxygen atoms in total. The summed E-state index contributed by atoms with van der Waals surface area (Å²) in [6.45, 7) is 2.76. The van der Waals surface area contributed by atoms with Crippen molar-refractivity contribution in [3.05, 3.63) is 58.0 Å². The molecule has 1 aliphatic carbocycles. The molecule has 2 heterocycles. The van der Waals surface area contributed by atoms with E-state index in [9.17, 15) is 0 Å². The molecule has 0 spiro atoms. The van der Waals surface area contributed by atoms with Crippen molar-refractivity contribution in [2.75, 3.05) is 12.4 Å². The third-order valence-corrected chi connectivity index (χ3v) is 6.98. The van der Waals surface area contributed by atoms with E-state index < -0.39 is 0 Å². The molecule has 1 aromatic carbocycles. The molecular weight excluding hydrogens is 386 g/mol. The minimum Gasteiger partial charge on any atom is -0.493 e. The van der Waals surface area contributed by atoms with E-state index in [0.29, 0.717) is 12.6 Å². The Morgan fingerprint density at radius 1 is 1.11 bits per heavy atom. The highest BCUT2D eigenvalue weighted by Gasteiger charge is 2.23. The quantitative estimate of drug-likeness (QED) is 0.340. The van der Waals surface area contributed by atoms with Crippen LogP contribution in [-0.2, 0) is 6.42 Å². The number of aromatic nitrogens is 3. The Hall–Kier alpha value is -1.79. The number of ether oxygens (including phenoxy) is 1. The highest BCUT2D eigenvalue weighted by Crippen LogP contribution is 2.33.